The Morgan fingerprint density at radius 1 is 0.850 bits per heavy atom. The van der Waals surface area contributed by atoms with Gasteiger partial charge < -0.3 is 11.5 Å². The van der Waals surface area contributed by atoms with E-state index in [0.29, 0.717) is 6.42 Å². The number of amides is 2. The Bertz CT molecular complexity index is 312. The van der Waals surface area contributed by atoms with Crippen molar-refractivity contribution in [3.8, 4) is 0 Å². The van der Waals surface area contributed by atoms with Crippen molar-refractivity contribution in [3.05, 3.63) is 11.6 Å². The van der Waals surface area contributed by atoms with Crippen molar-refractivity contribution in [1.29, 1.82) is 0 Å². The predicted molar refractivity (Wildman–Crippen MR) is 82.9 cm³/mol. The van der Waals surface area contributed by atoms with Gasteiger partial charge in [-0.25, -0.2) is 0 Å². The second kappa shape index (κ2) is 12.7. The first-order valence-corrected chi connectivity index (χ1v) is 7.85. The summed E-state index contributed by atoms with van der Waals surface area (Å²) in [6.07, 6.45) is 12.7. The topological polar surface area (TPSA) is 86.2 Å². The van der Waals surface area contributed by atoms with Crippen LogP contribution >= 0.6 is 0 Å². The van der Waals surface area contributed by atoms with Gasteiger partial charge in [0.2, 0.25) is 11.8 Å². The largest absolute Gasteiger partial charge is 0.370 e. The molecule has 4 N–H and O–H groups in total. The SMILES string of the molecule is CCCCCC=C(CCCCCCCC(N)=O)C(N)=O. The minimum Gasteiger partial charge on any atom is -0.370 e. The Morgan fingerprint density at radius 2 is 1.45 bits per heavy atom. The van der Waals surface area contributed by atoms with Crippen LogP contribution in [0.25, 0.3) is 0 Å². The Labute approximate surface area is 123 Å². The smallest absolute Gasteiger partial charge is 0.244 e. The third-order valence-electron chi connectivity index (χ3n) is 3.38. The number of hydrogen-bond donors (Lipinski definition) is 2. The maximum atomic E-state index is 11.3. The summed E-state index contributed by atoms with van der Waals surface area (Å²) in [7, 11) is 0. The first-order chi connectivity index (χ1) is 9.57. The summed E-state index contributed by atoms with van der Waals surface area (Å²) in [6.45, 7) is 2.16. The molecule has 0 bridgehead atoms. The first-order valence-electron chi connectivity index (χ1n) is 7.85. The summed E-state index contributed by atoms with van der Waals surface area (Å²) in [5.74, 6) is -0.508. The molecule has 0 aromatic heterocycles. The molecule has 0 aliphatic rings. The molecule has 4 heteroatoms. The lowest BCUT2D eigenvalue weighted by Crippen LogP contribution is -2.14. The fourth-order valence-corrected chi connectivity index (χ4v) is 2.14. The fourth-order valence-electron chi connectivity index (χ4n) is 2.14. The normalized spacial score (nSPS) is 11.6. The van der Waals surface area contributed by atoms with E-state index in [9.17, 15) is 9.59 Å². The summed E-state index contributed by atoms with van der Waals surface area (Å²) in [5, 5.41) is 0. The molecule has 0 rings (SSSR count). The summed E-state index contributed by atoms with van der Waals surface area (Å²) in [5.41, 5.74) is 11.2. The number of primary amides is 2. The Kier molecular flexibility index (Phi) is 11.9. The van der Waals surface area contributed by atoms with Crippen LogP contribution < -0.4 is 11.5 Å². The van der Waals surface area contributed by atoms with Crippen LogP contribution in [-0.2, 0) is 9.59 Å². The number of allylic oxidation sites excluding steroid dienone is 1. The van der Waals surface area contributed by atoms with E-state index in [1.807, 2.05) is 6.08 Å². The summed E-state index contributed by atoms with van der Waals surface area (Å²) < 4.78 is 0. The molecular weight excluding hydrogens is 252 g/mol. The molecule has 0 atom stereocenters. The molecular formula is C16H30N2O2. The van der Waals surface area contributed by atoms with Crippen molar-refractivity contribution in [3.63, 3.8) is 0 Å². The van der Waals surface area contributed by atoms with Crippen LogP contribution in [0.2, 0.25) is 0 Å². The van der Waals surface area contributed by atoms with Crippen molar-refractivity contribution >= 4 is 11.8 Å². The van der Waals surface area contributed by atoms with Crippen LogP contribution in [0.3, 0.4) is 0 Å². The number of carbonyl (C=O) groups is 2. The molecule has 0 saturated heterocycles. The molecule has 0 radical (unpaired) electrons. The van der Waals surface area contributed by atoms with Gasteiger partial charge in [0.05, 0.1) is 0 Å². The predicted octanol–water partition coefficient (Wildman–Crippen LogP) is 3.19. The maximum absolute atomic E-state index is 11.3. The van der Waals surface area contributed by atoms with E-state index in [2.05, 4.69) is 6.92 Å². The lowest BCUT2D eigenvalue weighted by atomic mass is 10.0. The van der Waals surface area contributed by atoms with E-state index < -0.39 is 0 Å². The van der Waals surface area contributed by atoms with E-state index in [4.69, 9.17) is 11.5 Å². The molecule has 0 fully saturated rings. The van der Waals surface area contributed by atoms with Gasteiger partial charge >= 0.3 is 0 Å². The van der Waals surface area contributed by atoms with Crippen LogP contribution in [0.5, 0.6) is 0 Å². The standard InChI is InChI=1S/C16H30N2O2/c1-2-3-4-8-11-14(16(18)20)12-9-6-5-7-10-13-15(17)19/h11H,2-10,12-13H2,1H3,(H2,17,19)(H2,18,20). The van der Waals surface area contributed by atoms with Gasteiger partial charge in [-0.05, 0) is 32.1 Å². The molecule has 4 nitrogen and oxygen atoms in total. The highest BCUT2D eigenvalue weighted by Gasteiger charge is 2.04. The van der Waals surface area contributed by atoms with Gasteiger partial charge in [0.25, 0.3) is 0 Å². The van der Waals surface area contributed by atoms with Crippen molar-refractivity contribution in [2.24, 2.45) is 11.5 Å². The molecule has 0 aliphatic carbocycles. The minimum atomic E-state index is -0.282. The third-order valence-corrected chi connectivity index (χ3v) is 3.38. The van der Waals surface area contributed by atoms with Crippen LogP contribution in [-0.4, -0.2) is 11.8 Å². The maximum Gasteiger partial charge on any atom is 0.244 e. The van der Waals surface area contributed by atoms with Gasteiger partial charge in [0.15, 0.2) is 0 Å². The van der Waals surface area contributed by atoms with Crippen LogP contribution in [0.15, 0.2) is 11.6 Å². The number of rotatable bonds is 13. The van der Waals surface area contributed by atoms with Crippen molar-refractivity contribution in [2.75, 3.05) is 0 Å². The Morgan fingerprint density at radius 3 is 2.00 bits per heavy atom. The van der Waals surface area contributed by atoms with Crippen LogP contribution in [0.4, 0.5) is 0 Å². The molecule has 0 aliphatic heterocycles. The van der Waals surface area contributed by atoms with Crippen LogP contribution in [0, 0.1) is 0 Å². The third kappa shape index (κ3) is 11.8. The number of unbranched alkanes of at least 4 members (excludes halogenated alkanes) is 7. The van der Waals surface area contributed by atoms with Gasteiger partial charge in [0, 0.05) is 12.0 Å². The highest BCUT2D eigenvalue weighted by atomic mass is 16.1. The van der Waals surface area contributed by atoms with Gasteiger partial charge in [0.1, 0.15) is 0 Å². The van der Waals surface area contributed by atoms with Gasteiger partial charge in [-0.15, -0.1) is 0 Å². The molecule has 0 aromatic rings. The van der Waals surface area contributed by atoms with E-state index >= 15 is 0 Å². The summed E-state index contributed by atoms with van der Waals surface area (Å²) >= 11 is 0. The van der Waals surface area contributed by atoms with E-state index in [0.717, 1.165) is 56.9 Å². The molecule has 0 unspecified atom stereocenters. The quantitative estimate of drug-likeness (QED) is 0.401. The number of carbonyl (C=O) groups excluding carboxylic acids is 2. The number of hydrogen-bond acceptors (Lipinski definition) is 2. The van der Waals surface area contributed by atoms with Crippen molar-refractivity contribution < 1.29 is 9.59 Å². The Hall–Kier alpha value is -1.32. The summed E-state index contributed by atoms with van der Waals surface area (Å²) in [4.78, 5) is 21.9. The van der Waals surface area contributed by atoms with Crippen molar-refractivity contribution in [2.45, 2.75) is 77.6 Å². The molecule has 0 heterocycles. The molecule has 0 spiro atoms. The highest BCUT2D eigenvalue weighted by molar-refractivity contribution is 5.91. The zero-order chi connectivity index (χ0) is 15.2. The molecule has 20 heavy (non-hydrogen) atoms. The second-order valence-electron chi connectivity index (χ2n) is 5.32. The first kappa shape index (κ1) is 18.7. The zero-order valence-electron chi connectivity index (χ0n) is 12.8. The van der Waals surface area contributed by atoms with Gasteiger partial charge in [-0.2, -0.15) is 0 Å². The number of nitrogens with two attached hydrogens (primary N) is 2. The van der Waals surface area contributed by atoms with Crippen LogP contribution in [0.1, 0.15) is 77.6 Å². The van der Waals surface area contributed by atoms with E-state index in [1.54, 1.807) is 0 Å². The lowest BCUT2D eigenvalue weighted by Gasteiger charge is -2.04. The van der Waals surface area contributed by atoms with Gasteiger partial charge in [-0.3, -0.25) is 9.59 Å². The Balaban J connectivity index is 3.70. The highest BCUT2D eigenvalue weighted by Crippen LogP contribution is 2.13. The van der Waals surface area contributed by atoms with Crippen molar-refractivity contribution in [1.82, 2.24) is 0 Å². The average molecular weight is 282 g/mol. The van der Waals surface area contributed by atoms with E-state index in [-0.39, 0.29) is 11.8 Å². The second-order valence-corrected chi connectivity index (χ2v) is 5.32. The van der Waals surface area contributed by atoms with E-state index in [1.165, 1.54) is 12.8 Å². The minimum absolute atomic E-state index is 0.226. The molecule has 2 amide bonds. The van der Waals surface area contributed by atoms with Gasteiger partial charge in [-0.1, -0.05) is 45.1 Å². The molecule has 116 valence electrons. The molecule has 0 aromatic carbocycles. The monoisotopic (exact) mass is 282 g/mol. The summed E-state index contributed by atoms with van der Waals surface area (Å²) in [6, 6.07) is 0. The lowest BCUT2D eigenvalue weighted by molar-refractivity contribution is -0.118. The average Bonchev–Trinajstić information content (AvgIpc) is 2.39. The molecule has 0 saturated carbocycles. The fraction of sp³-hybridized carbons (Fsp3) is 0.750. The zero-order valence-corrected chi connectivity index (χ0v) is 12.8.